The topological polar surface area (TPSA) is 80.3 Å². The average molecular weight is 283 g/mol. The zero-order valence-corrected chi connectivity index (χ0v) is 14.0. The van der Waals surface area contributed by atoms with Crippen molar-refractivity contribution in [2.75, 3.05) is 0 Å². The van der Waals surface area contributed by atoms with E-state index in [0.29, 0.717) is 6.07 Å². The Labute approximate surface area is 142 Å². The van der Waals surface area contributed by atoms with Gasteiger partial charge in [0, 0.05) is 10.5 Å². The molecule has 0 fully saturated rings. The Kier molecular flexibility index (Phi) is 9.90. The summed E-state index contributed by atoms with van der Waals surface area (Å²) < 4.78 is 33.7. The fourth-order valence-corrected chi connectivity index (χ4v) is 1.41. The van der Waals surface area contributed by atoms with Crippen LogP contribution in [0.15, 0.2) is 17.0 Å². The summed E-state index contributed by atoms with van der Waals surface area (Å²) in [5.41, 5.74) is -0.689. The van der Waals surface area contributed by atoms with Crippen molar-refractivity contribution in [1.29, 1.82) is 0 Å². The van der Waals surface area contributed by atoms with Crippen LogP contribution in [0.5, 0.6) is 0 Å². The summed E-state index contributed by atoms with van der Waals surface area (Å²) in [5.74, 6) is -2.85. The third kappa shape index (κ3) is 4.72. The molecule has 4 nitrogen and oxygen atoms in total. The standard InChI is InChI=1S/C7H4ClFO4S.2Na/c8-6-4(7(10)11)1-3(14(12)13)2-5(6)9;;/h1-2H,(H,10,11)(H,12,13);;/q;2*+1/p-2. The summed E-state index contributed by atoms with van der Waals surface area (Å²) in [6, 6.07) is 1.35. The minimum atomic E-state index is -2.71. The maximum absolute atomic E-state index is 12.9. The molecule has 0 saturated carbocycles. The Balaban J connectivity index is 0. The van der Waals surface area contributed by atoms with Gasteiger partial charge in [0.1, 0.15) is 5.82 Å². The molecule has 16 heavy (non-hydrogen) atoms. The molecule has 0 N–H and O–H groups in total. The SMILES string of the molecule is O=C([O-])c1cc(S(=O)[O-])cc(F)c1Cl.[Na+].[Na+]. The zero-order valence-electron chi connectivity index (χ0n) is 8.45. The Bertz CT molecular complexity index is 429. The number of aromatic carboxylic acids is 1. The largest absolute Gasteiger partial charge is 1.00 e. The van der Waals surface area contributed by atoms with Crippen molar-refractivity contribution in [1.82, 2.24) is 0 Å². The van der Waals surface area contributed by atoms with Gasteiger partial charge in [-0.25, -0.2) is 4.39 Å². The molecule has 1 rings (SSSR count). The van der Waals surface area contributed by atoms with E-state index in [1.165, 1.54) is 0 Å². The molecule has 0 aliphatic carbocycles. The third-order valence-corrected chi connectivity index (χ3v) is 2.42. The van der Waals surface area contributed by atoms with E-state index in [0.717, 1.165) is 6.07 Å². The first-order valence-electron chi connectivity index (χ1n) is 3.23. The molecular weight excluding hydrogens is 281 g/mol. The molecule has 0 aromatic heterocycles. The minimum Gasteiger partial charge on any atom is -0.768 e. The number of carboxylic acid groups (broad SMARTS) is 1. The zero-order chi connectivity index (χ0) is 10.9. The van der Waals surface area contributed by atoms with Gasteiger partial charge in [-0.05, 0) is 23.2 Å². The number of hydrogen-bond donors (Lipinski definition) is 0. The third-order valence-electron chi connectivity index (χ3n) is 1.41. The summed E-state index contributed by atoms with van der Waals surface area (Å²) >= 11 is 2.55. The fourth-order valence-electron chi connectivity index (χ4n) is 0.809. The van der Waals surface area contributed by atoms with Gasteiger partial charge in [-0.3, -0.25) is 4.21 Å². The van der Waals surface area contributed by atoms with E-state index in [1.54, 1.807) is 0 Å². The number of hydrogen-bond acceptors (Lipinski definition) is 4. The van der Waals surface area contributed by atoms with Crippen LogP contribution in [0.4, 0.5) is 4.39 Å². The van der Waals surface area contributed by atoms with Crippen LogP contribution in [0.3, 0.4) is 0 Å². The average Bonchev–Trinajstić information content (AvgIpc) is 2.08. The first-order valence-corrected chi connectivity index (χ1v) is 4.68. The van der Waals surface area contributed by atoms with Crippen molar-refractivity contribution in [3.63, 3.8) is 0 Å². The van der Waals surface area contributed by atoms with Crippen molar-refractivity contribution in [3.05, 3.63) is 28.5 Å². The number of carbonyl (C=O) groups is 1. The Morgan fingerprint density at radius 3 is 2.25 bits per heavy atom. The second-order valence-electron chi connectivity index (χ2n) is 2.29. The van der Waals surface area contributed by atoms with Crippen molar-refractivity contribution in [2.24, 2.45) is 0 Å². The van der Waals surface area contributed by atoms with Crippen LogP contribution in [0.25, 0.3) is 0 Å². The van der Waals surface area contributed by atoms with Crippen LogP contribution in [-0.2, 0) is 11.1 Å². The Morgan fingerprint density at radius 1 is 1.38 bits per heavy atom. The number of carboxylic acids is 1. The molecule has 0 bridgehead atoms. The molecule has 1 aromatic rings. The van der Waals surface area contributed by atoms with Crippen molar-refractivity contribution in [2.45, 2.75) is 4.90 Å². The summed E-state index contributed by atoms with van der Waals surface area (Å²) in [4.78, 5) is 9.89. The molecule has 0 radical (unpaired) electrons. The predicted molar refractivity (Wildman–Crippen MR) is 42.9 cm³/mol. The molecule has 0 amide bonds. The van der Waals surface area contributed by atoms with Gasteiger partial charge >= 0.3 is 59.1 Å². The van der Waals surface area contributed by atoms with Gasteiger partial charge in [0.05, 0.1) is 11.0 Å². The second-order valence-corrected chi connectivity index (χ2v) is 3.61. The van der Waals surface area contributed by atoms with Gasteiger partial charge in [0.25, 0.3) is 0 Å². The van der Waals surface area contributed by atoms with Crippen molar-refractivity contribution in [3.8, 4) is 0 Å². The molecule has 0 saturated heterocycles. The van der Waals surface area contributed by atoms with Gasteiger partial charge in [0.2, 0.25) is 0 Å². The number of halogens is 2. The first-order chi connectivity index (χ1) is 6.43. The fraction of sp³-hybridized carbons (Fsp3) is 0. The molecule has 1 unspecified atom stereocenters. The molecule has 0 spiro atoms. The van der Waals surface area contributed by atoms with Crippen LogP contribution in [0.1, 0.15) is 10.4 Å². The van der Waals surface area contributed by atoms with Gasteiger partial charge in [0.15, 0.2) is 0 Å². The Morgan fingerprint density at radius 2 is 1.88 bits per heavy atom. The smallest absolute Gasteiger partial charge is 0.768 e. The minimum absolute atomic E-state index is 0. The van der Waals surface area contributed by atoms with Crippen LogP contribution < -0.4 is 64.2 Å². The van der Waals surface area contributed by atoms with Crippen LogP contribution in [0, 0.1) is 5.82 Å². The second kappa shape index (κ2) is 8.18. The normalized spacial score (nSPS) is 10.9. The van der Waals surface area contributed by atoms with E-state index in [9.17, 15) is 23.1 Å². The van der Waals surface area contributed by atoms with Crippen LogP contribution in [0.2, 0.25) is 5.02 Å². The number of rotatable bonds is 2. The van der Waals surface area contributed by atoms with Crippen LogP contribution in [-0.4, -0.2) is 14.7 Å². The van der Waals surface area contributed by atoms with Gasteiger partial charge in [-0.15, -0.1) is 0 Å². The molecule has 9 heteroatoms. The summed E-state index contributed by atoms with van der Waals surface area (Å²) in [7, 11) is 0. The molecule has 0 aliphatic heterocycles. The summed E-state index contributed by atoms with van der Waals surface area (Å²) in [6.45, 7) is 0. The quantitative estimate of drug-likeness (QED) is 0.400. The number of carbonyl (C=O) groups excluding carboxylic acids is 1. The molecular formula is C7H2ClFNa2O4S. The number of benzene rings is 1. The molecule has 0 heterocycles. The van der Waals surface area contributed by atoms with E-state index in [-0.39, 0.29) is 59.1 Å². The maximum atomic E-state index is 12.9. The summed E-state index contributed by atoms with van der Waals surface area (Å²) in [5, 5.41) is 9.72. The maximum Gasteiger partial charge on any atom is 1.00 e. The van der Waals surface area contributed by atoms with E-state index < -0.39 is 38.3 Å². The van der Waals surface area contributed by atoms with E-state index in [2.05, 4.69) is 0 Å². The molecule has 1 atom stereocenters. The van der Waals surface area contributed by atoms with E-state index in [4.69, 9.17) is 11.6 Å². The first kappa shape index (κ1) is 19.4. The molecule has 1 aromatic carbocycles. The molecule has 0 aliphatic rings. The van der Waals surface area contributed by atoms with Gasteiger partial charge in [-0.2, -0.15) is 0 Å². The van der Waals surface area contributed by atoms with Crippen molar-refractivity contribution < 1.29 is 82.2 Å². The van der Waals surface area contributed by atoms with Gasteiger partial charge in [-0.1, -0.05) is 11.6 Å². The summed E-state index contributed by atoms with van der Waals surface area (Å²) in [6.07, 6.45) is 0. The predicted octanol–water partition coefficient (Wildman–Crippen LogP) is -5.91. The molecule has 76 valence electrons. The van der Waals surface area contributed by atoms with E-state index >= 15 is 0 Å². The van der Waals surface area contributed by atoms with Crippen molar-refractivity contribution >= 4 is 28.7 Å². The van der Waals surface area contributed by atoms with Crippen LogP contribution >= 0.6 is 11.6 Å². The Hall–Kier alpha value is 1.02. The van der Waals surface area contributed by atoms with Gasteiger partial charge < -0.3 is 14.5 Å². The monoisotopic (exact) mass is 282 g/mol. The van der Waals surface area contributed by atoms with E-state index in [1.807, 2.05) is 0 Å².